The van der Waals surface area contributed by atoms with Gasteiger partial charge < -0.3 is 9.80 Å². The van der Waals surface area contributed by atoms with E-state index < -0.39 is 16.1 Å². The average Bonchev–Trinajstić information content (AvgIpc) is 3.18. The predicted octanol–water partition coefficient (Wildman–Crippen LogP) is 1.79. The monoisotopic (exact) mass is 425 g/mol. The zero-order valence-corrected chi connectivity index (χ0v) is 17.3. The predicted molar refractivity (Wildman–Crippen MR) is 112 cm³/mol. The molecule has 1 atom stereocenters. The van der Waals surface area contributed by atoms with Gasteiger partial charge in [-0.05, 0) is 29.3 Å². The van der Waals surface area contributed by atoms with E-state index >= 15 is 0 Å². The van der Waals surface area contributed by atoms with Crippen LogP contribution in [0.4, 0.5) is 0 Å². The van der Waals surface area contributed by atoms with Gasteiger partial charge in [0.1, 0.15) is 6.04 Å². The van der Waals surface area contributed by atoms with Gasteiger partial charge in [0.05, 0.1) is 4.90 Å². The minimum Gasteiger partial charge on any atom is -0.338 e. The van der Waals surface area contributed by atoms with Crippen LogP contribution in [0.3, 0.4) is 0 Å². The second-order valence-electron chi connectivity index (χ2n) is 7.31. The van der Waals surface area contributed by atoms with Gasteiger partial charge >= 0.3 is 0 Å². The first-order valence-electron chi connectivity index (χ1n) is 9.78. The van der Waals surface area contributed by atoms with Gasteiger partial charge in [0.25, 0.3) is 0 Å². The number of carbonyl (C=O) groups excluding carboxylic acids is 2. The Hall–Kier alpha value is -2.97. The topological polar surface area (TPSA) is 78.0 Å². The largest absolute Gasteiger partial charge is 0.338 e. The van der Waals surface area contributed by atoms with Gasteiger partial charge in [-0.15, -0.1) is 0 Å². The molecule has 30 heavy (non-hydrogen) atoms. The maximum Gasteiger partial charge on any atom is 0.250 e. The van der Waals surface area contributed by atoms with Crippen LogP contribution in [0.5, 0.6) is 0 Å². The lowest BCUT2D eigenvalue weighted by Gasteiger charge is -2.36. The summed E-state index contributed by atoms with van der Waals surface area (Å²) in [6.07, 6.45) is 1.22. The Morgan fingerprint density at radius 3 is 2.23 bits per heavy atom. The molecule has 1 unspecified atom stereocenters. The van der Waals surface area contributed by atoms with Crippen LogP contribution in [-0.2, 0) is 26.2 Å². The highest BCUT2D eigenvalue weighted by Crippen LogP contribution is 2.35. The number of nitrogens with zero attached hydrogens (tertiary/aromatic N) is 3. The van der Waals surface area contributed by atoms with Gasteiger partial charge in [-0.3, -0.25) is 9.59 Å². The molecule has 7 nitrogen and oxygen atoms in total. The summed E-state index contributed by atoms with van der Waals surface area (Å²) in [7, 11) is -3.59. The summed E-state index contributed by atoms with van der Waals surface area (Å²) >= 11 is 0. The molecule has 0 radical (unpaired) electrons. The molecular weight excluding hydrogens is 402 g/mol. The minimum atomic E-state index is -3.59. The van der Waals surface area contributed by atoms with E-state index in [1.165, 1.54) is 15.3 Å². The first-order valence-corrected chi connectivity index (χ1v) is 11.2. The molecule has 0 N–H and O–H groups in total. The van der Waals surface area contributed by atoms with E-state index in [-0.39, 0.29) is 42.9 Å². The molecule has 156 valence electrons. The van der Waals surface area contributed by atoms with E-state index in [0.29, 0.717) is 6.54 Å². The summed E-state index contributed by atoms with van der Waals surface area (Å²) in [4.78, 5) is 29.1. The number of hydrogen-bond acceptors (Lipinski definition) is 4. The summed E-state index contributed by atoms with van der Waals surface area (Å²) < 4.78 is 27.0. The Kier molecular flexibility index (Phi) is 5.44. The zero-order chi connectivity index (χ0) is 21.3. The second-order valence-corrected chi connectivity index (χ2v) is 9.25. The maximum absolute atomic E-state index is 13.4. The Bertz CT molecular complexity index is 1080. The van der Waals surface area contributed by atoms with Gasteiger partial charge in [0, 0.05) is 32.7 Å². The van der Waals surface area contributed by atoms with E-state index in [1.54, 1.807) is 35.2 Å². The van der Waals surface area contributed by atoms with Crippen molar-refractivity contribution in [1.82, 2.24) is 14.1 Å². The summed E-state index contributed by atoms with van der Waals surface area (Å²) in [6.45, 7) is 4.90. The highest BCUT2D eigenvalue weighted by molar-refractivity contribution is 7.89. The number of sulfonamides is 1. The minimum absolute atomic E-state index is 0.188. The Labute approximate surface area is 176 Å². The second kappa shape index (κ2) is 8.04. The molecule has 2 aliphatic rings. The number of carbonyl (C=O) groups is 2. The molecule has 0 bridgehead atoms. The van der Waals surface area contributed by atoms with Crippen LogP contribution in [0.15, 0.2) is 72.1 Å². The third-order valence-electron chi connectivity index (χ3n) is 5.62. The first-order chi connectivity index (χ1) is 14.4. The van der Waals surface area contributed by atoms with E-state index in [0.717, 1.165) is 11.1 Å². The van der Waals surface area contributed by atoms with Crippen molar-refractivity contribution in [3.05, 3.63) is 78.4 Å². The fourth-order valence-electron chi connectivity index (χ4n) is 4.04. The van der Waals surface area contributed by atoms with Crippen molar-refractivity contribution in [3.8, 4) is 0 Å². The average molecular weight is 426 g/mol. The summed E-state index contributed by atoms with van der Waals surface area (Å²) in [5.41, 5.74) is 1.76. The van der Waals surface area contributed by atoms with E-state index in [1.807, 2.05) is 24.3 Å². The molecule has 2 heterocycles. The fourth-order valence-corrected chi connectivity index (χ4v) is 5.48. The van der Waals surface area contributed by atoms with Crippen LogP contribution in [0, 0.1) is 0 Å². The lowest BCUT2D eigenvalue weighted by Crippen LogP contribution is -2.53. The molecular formula is C22H23N3O4S. The maximum atomic E-state index is 13.4. The number of amides is 2. The molecule has 8 heteroatoms. The lowest BCUT2D eigenvalue weighted by molar-refractivity contribution is -0.144. The molecule has 2 aromatic carbocycles. The third kappa shape index (κ3) is 3.53. The quantitative estimate of drug-likeness (QED) is 0.700. The molecule has 2 aromatic rings. The smallest absolute Gasteiger partial charge is 0.250 e. The molecule has 0 spiro atoms. The summed E-state index contributed by atoms with van der Waals surface area (Å²) in [5, 5.41) is 0. The summed E-state index contributed by atoms with van der Waals surface area (Å²) in [6, 6.07) is 15.1. The number of benzene rings is 2. The van der Waals surface area contributed by atoms with Crippen LogP contribution in [0.25, 0.3) is 0 Å². The molecule has 1 fully saturated rings. The first kappa shape index (κ1) is 20.3. The van der Waals surface area contributed by atoms with Crippen molar-refractivity contribution in [3.63, 3.8) is 0 Å². The molecule has 0 aromatic heterocycles. The molecule has 0 aliphatic carbocycles. The zero-order valence-electron chi connectivity index (χ0n) is 16.5. The van der Waals surface area contributed by atoms with Crippen molar-refractivity contribution >= 4 is 21.8 Å². The molecule has 0 saturated carbocycles. The Balaban J connectivity index is 1.51. The normalized spacial score (nSPS) is 19.4. The van der Waals surface area contributed by atoms with E-state index in [2.05, 4.69) is 6.58 Å². The third-order valence-corrected chi connectivity index (χ3v) is 7.54. The SMILES string of the molecule is C=CC(=O)N1Cc2ccccc2C1C(=O)N1CCN(S(=O)(=O)c2ccccc2)CC1. The van der Waals surface area contributed by atoms with Crippen molar-refractivity contribution in [2.75, 3.05) is 26.2 Å². The van der Waals surface area contributed by atoms with Gasteiger partial charge in [-0.1, -0.05) is 49.0 Å². The molecule has 2 aliphatic heterocycles. The number of hydrogen-bond donors (Lipinski definition) is 0. The van der Waals surface area contributed by atoms with Gasteiger partial charge in [0.2, 0.25) is 21.8 Å². The fraction of sp³-hybridized carbons (Fsp3) is 0.273. The van der Waals surface area contributed by atoms with Crippen molar-refractivity contribution in [1.29, 1.82) is 0 Å². The van der Waals surface area contributed by atoms with Crippen LogP contribution >= 0.6 is 0 Å². The van der Waals surface area contributed by atoms with Crippen molar-refractivity contribution < 1.29 is 18.0 Å². The van der Waals surface area contributed by atoms with Crippen LogP contribution < -0.4 is 0 Å². The van der Waals surface area contributed by atoms with Crippen LogP contribution in [0.1, 0.15) is 17.2 Å². The Morgan fingerprint density at radius 2 is 1.57 bits per heavy atom. The van der Waals surface area contributed by atoms with Crippen molar-refractivity contribution in [2.45, 2.75) is 17.5 Å². The molecule has 1 saturated heterocycles. The molecule has 2 amide bonds. The highest BCUT2D eigenvalue weighted by Gasteiger charge is 2.41. The van der Waals surface area contributed by atoms with Crippen LogP contribution in [0.2, 0.25) is 0 Å². The number of fused-ring (bicyclic) bond motifs is 1. The van der Waals surface area contributed by atoms with E-state index in [4.69, 9.17) is 0 Å². The molecule has 4 rings (SSSR count). The number of piperazine rings is 1. The summed E-state index contributed by atoms with van der Waals surface area (Å²) in [5.74, 6) is -0.484. The number of rotatable bonds is 4. The van der Waals surface area contributed by atoms with Gasteiger partial charge in [-0.25, -0.2) is 8.42 Å². The lowest BCUT2D eigenvalue weighted by atomic mass is 10.0. The Morgan fingerprint density at radius 1 is 0.933 bits per heavy atom. The van der Waals surface area contributed by atoms with Gasteiger partial charge in [-0.2, -0.15) is 4.31 Å². The van der Waals surface area contributed by atoms with Gasteiger partial charge in [0.15, 0.2) is 0 Å². The van der Waals surface area contributed by atoms with E-state index in [9.17, 15) is 18.0 Å². The van der Waals surface area contributed by atoms with Crippen LogP contribution in [-0.4, -0.2) is 60.5 Å². The van der Waals surface area contributed by atoms with Crippen molar-refractivity contribution in [2.24, 2.45) is 0 Å². The standard InChI is InChI=1S/C22H23N3O4S/c1-2-20(26)25-16-17-8-6-7-11-19(17)21(25)22(27)23-12-14-24(15-13-23)30(28,29)18-9-4-3-5-10-18/h2-11,21H,1,12-16H2. The highest BCUT2D eigenvalue weighted by atomic mass is 32.2.